The van der Waals surface area contributed by atoms with Gasteiger partial charge >= 0.3 is 5.97 Å². The topological polar surface area (TPSA) is 26.3 Å². The molecule has 5 heteroatoms. The van der Waals surface area contributed by atoms with Crippen LogP contribution in [0.5, 0.6) is 0 Å². The molecule has 1 saturated heterocycles. The zero-order valence-electron chi connectivity index (χ0n) is 9.83. The third-order valence-electron chi connectivity index (χ3n) is 2.82. The molecule has 1 aromatic rings. The monoisotopic (exact) mass is 272 g/mol. The molecular formula is C13H14F2O2S. The number of thioether (sulfide) groups is 1. The molecule has 1 aliphatic rings. The Bertz CT molecular complexity index is 431. The Morgan fingerprint density at radius 2 is 2.28 bits per heavy atom. The number of hydrogen-bond acceptors (Lipinski definition) is 3. The summed E-state index contributed by atoms with van der Waals surface area (Å²) in [6.45, 7) is 0. The van der Waals surface area contributed by atoms with E-state index < -0.39 is 11.6 Å². The van der Waals surface area contributed by atoms with E-state index in [9.17, 15) is 13.6 Å². The molecule has 98 valence electrons. The number of carbonyl (C=O) groups excluding carboxylic acids is 1. The minimum Gasteiger partial charge on any atom is -0.461 e. The summed E-state index contributed by atoms with van der Waals surface area (Å²) < 4.78 is 31.5. The van der Waals surface area contributed by atoms with Crippen LogP contribution in [-0.4, -0.2) is 23.6 Å². The van der Waals surface area contributed by atoms with E-state index in [1.54, 1.807) is 11.8 Å². The minimum absolute atomic E-state index is 0.0140. The third kappa shape index (κ3) is 3.45. The number of carbonyl (C=O) groups is 1. The smallest absolute Gasteiger partial charge is 0.306 e. The summed E-state index contributed by atoms with van der Waals surface area (Å²) in [7, 11) is 0. The molecule has 2 nitrogen and oxygen atoms in total. The van der Waals surface area contributed by atoms with Gasteiger partial charge in [-0.25, -0.2) is 8.78 Å². The van der Waals surface area contributed by atoms with E-state index in [2.05, 4.69) is 0 Å². The molecule has 0 N–H and O–H groups in total. The molecule has 1 unspecified atom stereocenters. The summed E-state index contributed by atoms with van der Waals surface area (Å²) in [6.07, 6.45) is 1.12. The largest absolute Gasteiger partial charge is 0.461 e. The summed E-state index contributed by atoms with van der Waals surface area (Å²) in [5.41, 5.74) is 0.216. The zero-order chi connectivity index (χ0) is 13.0. The quantitative estimate of drug-likeness (QED) is 0.788. The van der Waals surface area contributed by atoms with Crippen molar-refractivity contribution >= 4 is 17.7 Å². The van der Waals surface area contributed by atoms with Crippen molar-refractivity contribution in [3.8, 4) is 0 Å². The lowest BCUT2D eigenvalue weighted by Crippen LogP contribution is -2.17. The zero-order valence-corrected chi connectivity index (χ0v) is 10.6. The van der Waals surface area contributed by atoms with Gasteiger partial charge in [0.15, 0.2) is 11.6 Å². The summed E-state index contributed by atoms with van der Waals surface area (Å²) >= 11 is 1.76. The maximum Gasteiger partial charge on any atom is 0.306 e. The fourth-order valence-electron chi connectivity index (χ4n) is 1.83. The molecule has 0 spiro atoms. The van der Waals surface area contributed by atoms with Crippen molar-refractivity contribution in [2.24, 2.45) is 0 Å². The molecule has 1 aromatic carbocycles. The van der Waals surface area contributed by atoms with E-state index in [4.69, 9.17) is 4.74 Å². The minimum atomic E-state index is -0.881. The molecule has 0 amide bonds. The van der Waals surface area contributed by atoms with Crippen LogP contribution in [-0.2, 0) is 16.0 Å². The molecule has 0 aromatic heterocycles. The molecule has 1 fully saturated rings. The number of aryl methyl sites for hydroxylation is 1. The van der Waals surface area contributed by atoms with Gasteiger partial charge in [-0.05, 0) is 30.2 Å². The molecule has 0 bridgehead atoms. The normalized spacial score (nSPS) is 18.9. The van der Waals surface area contributed by atoms with Crippen molar-refractivity contribution in [3.05, 3.63) is 35.4 Å². The Hall–Kier alpha value is -1.10. The Morgan fingerprint density at radius 3 is 3.00 bits per heavy atom. The van der Waals surface area contributed by atoms with Crippen molar-refractivity contribution in [1.29, 1.82) is 0 Å². The highest BCUT2D eigenvalue weighted by atomic mass is 32.2. The van der Waals surface area contributed by atoms with E-state index >= 15 is 0 Å². The lowest BCUT2D eigenvalue weighted by atomic mass is 10.1. The van der Waals surface area contributed by atoms with E-state index in [0.717, 1.165) is 24.0 Å². The van der Waals surface area contributed by atoms with Crippen LogP contribution in [0.15, 0.2) is 18.2 Å². The Morgan fingerprint density at radius 1 is 1.44 bits per heavy atom. The van der Waals surface area contributed by atoms with Gasteiger partial charge in [0.05, 0.1) is 0 Å². The summed E-state index contributed by atoms with van der Waals surface area (Å²) in [5.74, 6) is -0.253. The Kier molecular flexibility index (Phi) is 4.58. The van der Waals surface area contributed by atoms with Crippen molar-refractivity contribution in [1.82, 2.24) is 0 Å². The van der Waals surface area contributed by atoms with Gasteiger partial charge in [0, 0.05) is 12.2 Å². The SMILES string of the molecule is O=C(CCc1cccc(F)c1F)OC1CCSC1. The van der Waals surface area contributed by atoms with Gasteiger partial charge in [-0.1, -0.05) is 12.1 Å². The van der Waals surface area contributed by atoms with Crippen LogP contribution >= 0.6 is 11.8 Å². The third-order valence-corrected chi connectivity index (χ3v) is 3.95. The van der Waals surface area contributed by atoms with Gasteiger partial charge in [-0.15, -0.1) is 0 Å². The number of ether oxygens (including phenoxy) is 1. The highest BCUT2D eigenvalue weighted by Gasteiger charge is 2.19. The van der Waals surface area contributed by atoms with E-state index in [1.807, 2.05) is 0 Å². The summed E-state index contributed by atoms with van der Waals surface area (Å²) in [6, 6.07) is 3.98. The maximum atomic E-state index is 13.3. The first kappa shape index (κ1) is 13.3. The van der Waals surface area contributed by atoms with Crippen LogP contribution in [0.2, 0.25) is 0 Å². The lowest BCUT2D eigenvalue weighted by molar-refractivity contribution is -0.147. The van der Waals surface area contributed by atoms with Crippen LogP contribution in [0.25, 0.3) is 0 Å². The van der Waals surface area contributed by atoms with Crippen LogP contribution < -0.4 is 0 Å². The lowest BCUT2D eigenvalue weighted by Gasteiger charge is -2.10. The summed E-state index contributed by atoms with van der Waals surface area (Å²) in [4.78, 5) is 11.5. The standard InChI is InChI=1S/C13H14F2O2S/c14-11-3-1-2-9(13(11)15)4-5-12(16)17-10-6-7-18-8-10/h1-3,10H,4-8H2. The first-order valence-corrected chi connectivity index (χ1v) is 7.02. The first-order valence-electron chi connectivity index (χ1n) is 5.87. The predicted molar refractivity (Wildman–Crippen MR) is 66.5 cm³/mol. The van der Waals surface area contributed by atoms with Crippen LogP contribution in [0.4, 0.5) is 8.78 Å². The van der Waals surface area contributed by atoms with Gasteiger partial charge in [0.2, 0.25) is 0 Å². The van der Waals surface area contributed by atoms with Gasteiger partial charge in [-0.2, -0.15) is 11.8 Å². The molecule has 2 rings (SSSR count). The van der Waals surface area contributed by atoms with Crippen LogP contribution in [0.1, 0.15) is 18.4 Å². The Labute approximate surface area is 109 Å². The van der Waals surface area contributed by atoms with E-state index in [1.165, 1.54) is 12.1 Å². The highest BCUT2D eigenvalue weighted by molar-refractivity contribution is 7.99. The fraction of sp³-hybridized carbons (Fsp3) is 0.462. The molecule has 1 aliphatic heterocycles. The molecule has 18 heavy (non-hydrogen) atoms. The first-order chi connectivity index (χ1) is 8.66. The number of hydrogen-bond donors (Lipinski definition) is 0. The number of esters is 1. The Balaban J connectivity index is 1.83. The molecular weight excluding hydrogens is 258 g/mol. The van der Waals surface area contributed by atoms with Gasteiger partial charge in [0.1, 0.15) is 6.10 Å². The van der Waals surface area contributed by atoms with Crippen molar-refractivity contribution in [2.75, 3.05) is 11.5 Å². The average molecular weight is 272 g/mol. The van der Waals surface area contributed by atoms with E-state index in [0.29, 0.717) is 0 Å². The molecule has 0 aliphatic carbocycles. The van der Waals surface area contributed by atoms with Gasteiger partial charge in [-0.3, -0.25) is 4.79 Å². The van der Waals surface area contributed by atoms with Crippen molar-refractivity contribution in [3.63, 3.8) is 0 Å². The van der Waals surface area contributed by atoms with E-state index in [-0.39, 0.29) is 30.5 Å². The number of benzene rings is 1. The summed E-state index contributed by atoms with van der Waals surface area (Å²) in [5, 5.41) is 0. The van der Waals surface area contributed by atoms with Crippen LogP contribution in [0.3, 0.4) is 0 Å². The second kappa shape index (κ2) is 6.18. The van der Waals surface area contributed by atoms with Gasteiger partial charge in [0.25, 0.3) is 0 Å². The predicted octanol–water partition coefficient (Wildman–Crippen LogP) is 2.95. The number of halogens is 2. The maximum absolute atomic E-state index is 13.3. The average Bonchev–Trinajstić information content (AvgIpc) is 2.84. The number of rotatable bonds is 4. The van der Waals surface area contributed by atoms with Crippen LogP contribution in [0, 0.1) is 11.6 Å². The molecule has 0 radical (unpaired) electrons. The van der Waals surface area contributed by atoms with Crippen molar-refractivity contribution < 1.29 is 18.3 Å². The molecule has 1 atom stereocenters. The molecule has 1 heterocycles. The highest BCUT2D eigenvalue weighted by Crippen LogP contribution is 2.21. The second-order valence-corrected chi connectivity index (χ2v) is 5.34. The van der Waals surface area contributed by atoms with Crippen molar-refractivity contribution in [2.45, 2.75) is 25.4 Å². The molecule has 0 saturated carbocycles. The fourth-order valence-corrected chi connectivity index (χ4v) is 2.92. The van der Waals surface area contributed by atoms with Gasteiger partial charge < -0.3 is 4.74 Å². The second-order valence-electron chi connectivity index (χ2n) is 4.19.